The highest BCUT2D eigenvalue weighted by atomic mass is 16.5. The molecule has 3 rings (SSSR count). The number of anilines is 2. The lowest BCUT2D eigenvalue weighted by molar-refractivity contribution is -0.131. The minimum absolute atomic E-state index is 0.0832. The van der Waals surface area contributed by atoms with Crippen LogP contribution in [0.25, 0.3) is 0 Å². The van der Waals surface area contributed by atoms with Gasteiger partial charge in [-0.2, -0.15) is 5.10 Å². The second kappa shape index (κ2) is 11.7. The Hall–Kier alpha value is -3.88. The van der Waals surface area contributed by atoms with Crippen molar-refractivity contribution >= 4 is 23.2 Å². The monoisotopic (exact) mass is 450 g/mol. The van der Waals surface area contributed by atoms with E-state index in [1.807, 2.05) is 50.2 Å². The number of nitrogens with one attached hydrogen (secondary N) is 2. The maximum Gasteiger partial charge on any atom is 0.244 e. The molecular formula is C24H30N6O3. The van der Waals surface area contributed by atoms with Crippen molar-refractivity contribution in [2.45, 2.75) is 26.8 Å². The summed E-state index contributed by atoms with van der Waals surface area (Å²) in [6.45, 7) is 5.37. The molecular weight excluding hydrogens is 420 g/mol. The van der Waals surface area contributed by atoms with Crippen LogP contribution in [0.15, 0.2) is 55.0 Å². The molecule has 0 saturated carbocycles. The lowest BCUT2D eigenvalue weighted by Gasteiger charge is -2.17. The Labute approximate surface area is 193 Å². The normalized spacial score (nSPS) is 10.5. The summed E-state index contributed by atoms with van der Waals surface area (Å²) in [5, 5.41) is 10.2. The number of hydrogen-bond donors (Lipinski definition) is 2. The summed E-state index contributed by atoms with van der Waals surface area (Å²) >= 11 is 0. The summed E-state index contributed by atoms with van der Waals surface area (Å²) in [5.41, 5.74) is 3.56. The number of aromatic nitrogens is 3. The van der Waals surface area contributed by atoms with Crippen LogP contribution in [-0.2, 0) is 16.1 Å². The molecule has 2 N–H and O–H groups in total. The van der Waals surface area contributed by atoms with Crippen LogP contribution in [0.4, 0.5) is 11.4 Å². The van der Waals surface area contributed by atoms with Crippen LogP contribution in [0, 0.1) is 13.8 Å². The predicted octanol–water partition coefficient (Wildman–Crippen LogP) is 2.87. The highest BCUT2D eigenvalue weighted by Gasteiger charge is 2.11. The van der Waals surface area contributed by atoms with Crippen molar-refractivity contribution in [3.63, 3.8) is 0 Å². The lowest BCUT2D eigenvalue weighted by Crippen LogP contribution is -2.33. The Morgan fingerprint density at radius 3 is 2.67 bits per heavy atom. The molecule has 0 unspecified atom stereocenters. The van der Waals surface area contributed by atoms with Gasteiger partial charge in [-0.3, -0.25) is 19.3 Å². The van der Waals surface area contributed by atoms with E-state index in [2.05, 4.69) is 20.7 Å². The average molecular weight is 451 g/mol. The molecule has 174 valence electrons. The van der Waals surface area contributed by atoms with Gasteiger partial charge in [-0.25, -0.2) is 0 Å². The van der Waals surface area contributed by atoms with E-state index in [-0.39, 0.29) is 18.4 Å². The Kier molecular flexibility index (Phi) is 8.40. The Morgan fingerprint density at radius 1 is 1.12 bits per heavy atom. The zero-order valence-electron chi connectivity index (χ0n) is 19.2. The zero-order valence-corrected chi connectivity index (χ0v) is 19.2. The second-order valence-electron chi connectivity index (χ2n) is 7.81. The molecule has 0 aliphatic heterocycles. The predicted molar refractivity (Wildman–Crippen MR) is 127 cm³/mol. The van der Waals surface area contributed by atoms with Crippen LogP contribution in [-0.4, -0.2) is 58.2 Å². The highest BCUT2D eigenvalue weighted by molar-refractivity contribution is 5.90. The summed E-state index contributed by atoms with van der Waals surface area (Å²) in [6, 6.07) is 11.6. The first kappa shape index (κ1) is 23.8. The third kappa shape index (κ3) is 7.95. The maximum absolute atomic E-state index is 12.4. The van der Waals surface area contributed by atoms with Gasteiger partial charge in [-0.15, -0.1) is 0 Å². The third-order valence-corrected chi connectivity index (χ3v) is 4.93. The molecule has 3 aromatic rings. The van der Waals surface area contributed by atoms with Gasteiger partial charge in [0, 0.05) is 43.8 Å². The third-order valence-electron chi connectivity index (χ3n) is 4.93. The van der Waals surface area contributed by atoms with Crippen LogP contribution < -0.4 is 15.4 Å². The van der Waals surface area contributed by atoms with Crippen molar-refractivity contribution in [1.29, 1.82) is 0 Å². The average Bonchev–Trinajstić information content (AvgIpc) is 3.21. The fraction of sp³-hybridized carbons (Fsp3) is 0.333. The molecule has 33 heavy (non-hydrogen) atoms. The number of benzene rings is 1. The largest absolute Gasteiger partial charge is 0.492 e. The minimum Gasteiger partial charge on any atom is -0.492 e. The maximum atomic E-state index is 12.4. The Bertz CT molecular complexity index is 1060. The van der Waals surface area contributed by atoms with Gasteiger partial charge < -0.3 is 20.3 Å². The molecule has 2 aromatic heterocycles. The molecule has 0 fully saturated rings. The number of carbonyl (C=O) groups is 2. The fourth-order valence-corrected chi connectivity index (χ4v) is 3.03. The van der Waals surface area contributed by atoms with Crippen LogP contribution in [0.3, 0.4) is 0 Å². The second-order valence-corrected chi connectivity index (χ2v) is 7.81. The Balaban J connectivity index is 1.36. The van der Waals surface area contributed by atoms with E-state index in [1.54, 1.807) is 24.3 Å². The number of ether oxygens (including phenoxy) is 1. The number of likely N-dealkylation sites (N-methyl/N-ethyl adjacent to an activating group) is 1. The number of rotatable bonds is 11. The van der Waals surface area contributed by atoms with Crippen molar-refractivity contribution in [2.75, 3.05) is 37.4 Å². The number of carbonyl (C=O) groups excluding carboxylic acids is 2. The molecule has 9 nitrogen and oxygen atoms in total. The molecule has 0 saturated heterocycles. The van der Waals surface area contributed by atoms with Crippen molar-refractivity contribution in [1.82, 2.24) is 19.7 Å². The van der Waals surface area contributed by atoms with Crippen molar-refractivity contribution < 1.29 is 14.3 Å². The molecule has 0 radical (unpaired) electrons. The van der Waals surface area contributed by atoms with Gasteiger partial charge >= 0.3 is 0 Å². The standard InChI is InChI=1S/C24H30N6O3/c1-18-4-6-22(7-5-18)33-13-12-29(3)24(32)17-30-16-21(15-27-30)28-23(31)9-11-26-20-8-10-25-19(2)14-20/h4-8,10,14-16H,9,11-13,17H2,1-3H3,(H,25,26)(H,28,31). The number of hydrogen-bond acceptors (Lipinski definition) is 6. The number of pyridine rings is 1. The molecule has 1 aromatic carbocycles. The van der Waals surface area contributed by atoms with Crippen molar-refractivity contribution in [3.8, 4) is 5.75 Å². The van der Waals surface area contributed by atoms with E-state index in [9.17, 15) is 9.59 Å². The van der Waals surface area contributed by atoms with Gasteiger partial charge in [-0.05, 0) is 38.1 Å². The molecule has 2 heterocycles. The van der Waals surface area contributed by atoms with Crippen molar-refractivity contribution in [3.05, 3.63) is 66.2 Å². The summed E-state index contributed by atoms with van der Waals surface area (Å²) < 4.78 is 7.18. The van der Waals surface area contributed by atoms with E-state index in [0.29, 0.717) is 31.8 Å². The first-order chi connectivity index (χ1) is 15.9. The number of amides is 2. The molecule has 0 aliphatic rings. The number of aryl methyl sites for hydroxylation is 2. The van der Waals surface area contributed by atoms with E-state index >= 15 is 0 Å². The molecule has 9 heteroatoms. The molecule has 0 atom stereocenters. The van der Waals surface area contributed by atoms with Crippen molar-refractivity contribution in [2.24, 2.45) is 0 Å². The van der Waals surface area contributed by atoms with Crippen LogP contribution in [0.1, 0.15) is 17.7 Å². The zero-order chi connectivity index (χ0) is 23.6. The lowest BCUT2D eigenvalue weighted by atomic mass is 10.2. The van der Waals surface area contributed by atoms with Gasteiger partial charge in [0.05, 0.1) is 18.4 Å². The first-order valence-corrected chi connectivity index (χ1v) is 10.8. The van der Waals surface area contributed by atoms with Gasteiger partial charge in [0.2, 0.25) is 11.8 Å². The summed E-state index contributed by atoms with van der Waals surface area (Å²) in [5.74, 6) is 0.546. The summed E-state index contributed by atoms with van der Waals surface area (Å²) in [4.78, 5) is 30.4. The SMILES string of the molecule is Cc1ccc(OCCN(C)C(=O)Cn2cc(NC(=O)CCNc3ccnc(C)c3)cn2)cc1. The van der Waals surface area contributed by atoms with Crippen LogP contribution in [0.2, 0.25) is 0 Å². The van der Waals surface area contributed by atoms with Gasteiger partial charge in [0.25, 0.3) is 0 Å². The molecule has 0 spiro atoms. The minimum atomic E-state index is -0.135. The summed E-state index contributed by atoms with van der Waals surface area (Å²) in [7, 11) is 1.73. The smallest absolute Gasteiger partial charge is 0.244 e. The van der Waals surface area contributed by atoms with Crippen LogP contribution in [0.5, 0.6) is 5.75 Å². The molecule has 0 aliphatic carbocycles. The van der Waals surface area contributed by atoms with Crippen LogP contribution >= 0.6 is 0 Å². The van der Waals surface area contributed by atoms with E-state index in [4.69, 9.17) is 4.74 Å². The fourth-order valence-electron chi connectivity index (χ4n) is 3.03. The van der Waals surface area contributed by atoms with Gasteiger partial charge in [0.15, 0.2) is 0 Å². The van der Waals surface area contributed by atoms with Gasteiger partial charge in [-0.1, -0.05) is 17.7 Å². The Morgan fingerprint density at radius 2 is 1.91 bits per heavy atom. The van der Waals surface area contributed by atoms with E-state index in [0.717, 1.165) is 17.1 Å². The highest BCUT2D eigenvalue weighted by Crippen LogP contribution is 2.11. The quantitative estimate of drug-likeness (QED) is 0.466. The topological polar surface area (TPSA) is 101 Å². The van der Waals surface area contributed by atoms with E-state index in [1.165, 1.54) is 16.4 Å². The summed E-state index contributed by atoms with van der Waals surface area (Å²) in [6.07, 6.45) is 5.20. The number of nitrogens with zero attached hydrogens (tertiary/aromatic N) is 4. The van der Waals surface area contributed by atoms with Gasteiger partial charge in [0.1, 0.15) is 18.9 Å². The first-order valence-electron chi connectivity index (χ1n) is 10.8. The van der Waals surface area contributed by atoms with E-state index < -0.39 is 0 Å². The molecule has 0 bridgehead atoms. The molecule has 2 amide bonds.